The van der Waals surface area contributed by atoms with Gasteiger partial charge in [-0.25, -0.2) is 4.39 Å². The van der Waals surface area contributed by atoms with Crippen LogP contribution in [0, 0.1) is 5.82 Å². The topological polar surface area (TPSA) is 58.6 Å². The Morgan fingerprint density at radius 1 is 1.27 bits per heavy atom. The molecule has 0 spiro atoms. The van der Waals surface area contributed by atoms with Crippen LogP contribution >= 0.6 is 27.7 Å². The molecule has 26 heavy (non-hydrogen) atoms. The lowest BCUT2D eigenvalue weighted by Crippen LogP contribution is -2.37. The Bertz CT molecular complexity index is 804. The number of carbonyl (C=O) groups excluding carboxylic acids is 2. The van der Waals surface area contributed by atoms with Gasteiger partial charge in [0.15, 0.2) is 18.2 Å². The zero-order valence-corrected chi connectivity index (χ0v) is 16.7. The SMILES string of the molecule is CSc1ccccc1NC(=O)CN(C)C(=O)COc1ccc(Br)cc1F. The van der Waals surface area contributed by atoms with Crippen LogP contribution in [-0.4, -0.2) is 43.2 Å². The normalized spacial score (nSPS) is 10.3. The molecule has 0 fully saturated rings. The Morgan fingerprint density at radius 2 is 2.00 bits per heavy atom. The van der Waals surface area contributed by atoms with Gasteiger partial charge >= 0.3 is 0 Å². The molecule has 0 bridgehead atoms. The van der Waals surface area contributed by atoms with Crippen LogP contribution in [0.25, 0.3) is 0 Å². The molecule has 8 heteroatoms. The molecular weight excluding hydrogens is 423 g/mol. The fraction of sp³-hybridized carbons (Fsp3) is 0.222. The smallest absolute Gasteiger partial charge is 0.260 e. The molecule has 0 aromatic heterocycles. The van der Waals surface area contributed by atoms with Crippen molar-refractivity contribution in [1.82, 2.24) is 4.90 Å². The van der Waals surface area contributed by atoms with Crippen LogP contribution in [0.1, 0.15) is 0 Å². The van der Waals surface area contributed by atoms with Gasteiger partial charge in [-0.1, -0.05) is 28.1 Å². The molecule has 1 N–H and O–H groups in total. The summed E-state index contributed by atoms with van der Waals surface area (Å²) in [6.45, 7) is -0.489. The van der Waals surface area contributed by atoms with Crippen molar-refractivity contribution in [2.45, 2.75) is 4.90 Å². The summed E-state index contributed by atoms with van der Waals surface area (Å²) in [4.78, 5) is 26.4. The van der Waals surface area contributed by atoms with Crippen LogP contribution in [0.15, 0.2) is 51.8 Å². The predicted molar refractivity (Wildman–Crippen MR) is 104 cm³/mol. The first-order chi connectivity index (χ1) is 12.4. The number of hydrogen-bond donors (Lipinski definition) is 1. The quantitative estimate of drug-likeness (QED) is 0.665. The molecular formula is C18H18BrFN2O3S. The van der Waals surface area contributed by atoms with E-state index in [2.05, 4.69) is 21.2 Å². The summed E-state index contributed by atoms with van der Waals surface area (Å²) in [7, 11) is 1.49. The molecule has 0 unspecified atom stereocenters. The number of ether oxygens (including phenoxy) is 1. The summed E-state index contributed by atoms with van der Waals surface area (Å²) in [6.07, 6.45) is 1.92. The summed E-state index contributed by atoms with van der Waals surface area (Å²) in [6, 6.07) is 11.7. The molecule has 5 nitrogen and oxygen atoms in total. The molecule has 138 valence electrons. The van der Waals surface area contributed by atoms with Crippen molar-refractivity contribution in [3.05, 3.63) is 52.8 Å². The van der Waals surface area contributed by atoms with Gasteiger partial charge in [0.1, 0.15) is 0 Å². The minimum atomic E-state index is -0.568. The average Bonchev–Trinajstić information content (AvgIpc) is 2.61. The molecule has 0 heterocycles. The maximum Gasteiger partial charge on any atom is 0.260 e. The molecule has 0 radical (unpaired) electrons. The van der Waals surface area contributed by atoms with Crippen molar-refractivity contribution in [2.24, 2.45) is 0 Å². The number of likely N-dealkylation sites (N-methyl/N-ethyl adjacent to an activating group) is 1. The van der Waals surface area contributed by atoms with Crippen molar-refractivity contribution in [3.8, 4) is 5.75 Å². The van der Waals surface area contributed by atoms with Crippen molar-refractivity contribution in [2.75, 3.05) is 31.8 Å². The summed E-state index contributed by atoms with van der Waals surface area (Å²) >= 11 is 4.66. The van der Waals surface area contributed by atoms with E-state index < -0.39 is 11.7 Å². The van der Waals surface area contributed by atoms with Crippen LogP contribution in [0.5, 0.6) is 5.75 Å². The van der Waals surface area contributed by atoms with E-state index in [9.17, 15) is 14.0 Å². The summed E-state index contributed by atoms with van der Waals surface area (Å²) in [5.41, 5.74) is 0.694. The molecule has 2 amide bonds. The Kier molecular flexibility index (Phi) is 7.47. The second kappa shape index (κ2) is 9.59. The third kappa shape index (κ3) is 5.74. The number of thioether (sulfide) groups is 1. The lowest BCUT2D eigenvalue weighted by molar-refractivity contribution is -0.135. The first kappa shape index (κ1) is 20.3. The van der Waals surface area contributed by atoms with Crippen LogP contribution < -0.4 is 10.1 Å². The minimum Gasteiger partial charge on any atom is -0.481 e. The van der Waals surface area contributed by atoms with Crippen molar-refractivity contribution in [1.29, 1.82) is 0 Å². The zero-order valence-electron chi connectivity index (χ0n) is 14.3. The fourth-order valence-corrected chi connectivity index (χ4v) is 2.97. The lowest BCUT2D eigenvalue weighted by Gasteiger charge is -2.18. The van der Waals surface area contributed by atoms with Gasteiger partial charge in [-0.3, -0.25) is 9.59 Å². The number of hydrogen-bond acceptors (Lipinski definition) is 4. The molecule has 0 atom stereocenters. The minimum absolute atomic E-state index is 0.0201. The highest BCUT2D eigenvalue weighted by Crippen LogP contribution is 2.24. The van der Waals surface area contributed by atoms with E-state index in [0.717, 1.165) is 4.90 Å². The summed E-state index contributed by atoms with van der Waals surface area (Å²) in [5.74, 6) is -1.34. The zero-order chi connectivity index (χ0) is 19.1. The van der Waals surface area contributed by atoms with Gasteiger partial charge in [0, 0.05) is 16.4 Å². The van der Waals surface area contributed by atoms with Gasteiger partial charge in [0.05, 0.1) is 12.2 Å². The Morgan fingerprint density at radius 3 is 2.69 bits per heavy atom. The highest BCUT2D eigenvalue weighted by molar-refractivity contribution is 9.10. The molecule has 0 saturated carbocycles. The van der Waals surface area contributed by atoms with E-state index in [0.29, 0.717) is 10.2 Å². The van der Waals surface area contributed by atoms with E-state index in [-0.39, 0.29) is 24.8 Å². The fourth-order valence-electron chi connectivity index (χ4n) is 2.08. The van der Waals surface area contributed by atoms with Gasteiger partial charge in [0.2, 0.25) is 5.91 Å². The second-order valence-corrected chi connectivity index (χ2v) is 7.13. The van der Waals surface area contributed by atoms with Gasteiger partial charge in [-0.05, 0) is 36.6 Å². The predicted octanol–water partition coefficient (Wildman–Crippen LogP) is 3.79. The van der Waals surface area contributed by atoms with E-state index in [1.54, 1.807) is 12.1 Å². The Hall–Kier alpha value is -2.06. The highest BCUT2D eigenvalue weighted by Gasteiger charge is 2.15. The van der Waals surface area contributed by atoms with Crippen molar-refractivity contribution in [3.63, 3.8) is 0 Å². The molecule has 2 rings (SSSR count). The van der Waals surface area contributed by atoms with Crippen LogP contribution in [0.3, 0.4) is 0 Å². The van der Waals surface area contributed by atoms with Gasteiger partial charge in [0.25, 0.3) is 5.91 Å². The third-order valence-corrected chi connectivity index (χ3v) is 4.72. The average molecular weight is 441 g/mol. The monoisotopic (exact) mass is 440 g/mol. The van der Waals surface area contributed by atoms with Crippen LogP contribution in [0.2, 0.25) is 0 Å². The second-order valence-electron chi connectivity index (χ2n) is 5.36. The number of anilines is 1. The number of halogens is 2. The standard InChI is InChI=1S/C18H18BrFN2O3S/c1-22(10-17(23)21-14-5-3-4-6-16(14)26-2)18(24)11-25-15-8-7-12(19)9-13(15)20/h3-9H,10-11H2,1-2H3,(H,21,23). The summed E-state index contributed by atoms with van der Waals surface area (Å²) in [5, 5.41) is 2.78. The van der Waals surface area contributed by atoms with E-state index in [1.165, 1.54) is 35.8 Å². The summed E-state index contributed by atoms with van der Waals surface area (Å²) < 4.78 is 19.4. The molecule has 2 aromatic rings. The number of amides is 2. The maximum absolute atomic E-state index is 13.7. The van der Waals surface area contributed by atoms with E-state index in [4.69, 9.17) is 4.74 Å². The molecule has 0 aliphatic rings. The largest absolute Gasteiger partial charge is 0.481 e. The lowest BCUT2D eigenvalue weighted by atomic mass is 10.3. The number of para-hydroxylation sites is 1. The maximum atomic E-state index is 13.7. The Balaban J connectivity index is 1.87. The van der Waals surface area contributed by atoms with Gasteiger partial charge < -0.3 is 15.0 Å². The Labute approximate surface area is 164 Å². The van der Waals surface area contributed by atoms with Gasteiger partial charge in [-0.15, -0.1) is 11.8 Å². The van der Waals surface area contributed by atoms with E-state index >= 15 is 0 Å². The van der Waals surface area contributed by atoms with Crippen molar-refractivity contribution < 1.29 is 18.7 Å². The number of nitrogens with zero attached hydrogens (tertiary/aromatic N) is 1. The van der Waals surface area contributed by atoms with Crippen LogP contribution in [-0.2, 0) is 9.59 Å². The molecule has 0 aliphatic carbocycles. The van der Waals surface area contributed by atoms with Gasteiger partial charge in [-0.2, -0.15) is 0 Å². The first-order valence-corrected chi connectivity index (χ1v) is 9.67. The highest BCUT2D eigenvalue weighted by atomic mass is 79.9. The van der Waals surface area contributed by atoms with Crippen molar-refractivity contribution >= 4 is 45.2 Å². The van der Waals surface area contributed by atoms with E-state index in [1.807, 2.05) is 24.5 Å². The molecule has 0 saturated heterocycles. The third-order valence-electron chi connectivity index (χ3n) is 3.43. The molecule has 0 aliphatic heterocycles. The number of carbonyl (C=O) groups is 2. The number of rotatable bonds is 7. The number of nitrogens with one attached hydrogen (secondary N) is 1. The first-order valence-electron chi connectivity index (χ1n) is 7.65. The van der Waals surface area contributed by atoms with Crippen LogP contribution in [0.4, 0.5) is 10.1 Å². The molecule has 2 aromatic carbocycles. The number of benzene rings is 2.